The molecule has 0 saturated carbocycles. The van der Waals surface area contributed by atoms with E-state index in [1.807, 2.05) is 13.0 Å². The van der Waals surface area contributed by atoms with Crippen LogP contribution in [0.15, 0.2) is 10.6 Å². The molecule has 0 aromatic carbocycles. The highest BCUT2D eigenvalue weighted by Crippen LogP contribution is 1.99. The molecular weight excluding hydrogens is 178 g/mol. The number of halogens is 1. The van der Waals surface area contributed by atoms with Crippen molar-refractivity contribution < 1.29 is 4.52 Å². The van der Waals surface area contributed by atoms with Gasteiger partial charge in [-0.05, 0) is 12.5 Å². The number of hydrogen-bond donors (Lipinski definition) is 1. The van der Waals surface area contributed by atoms with Crippen molar-refractivity contribution in [1.82, 2.24) is 10.1 Å². The van der Waals surface area contributed by atoms with Crippen molar-refractivity contribution in [2.45, 2.75) is 19.9 Å². The van der Waals surface area contributed by atoms with Crippen LogP contribution in [0.5, 0.6) is 0 Å². The Morgan fingerprint density at radius 3 is 2.83 bits per heavy atom. The molecule has 12 heavy (non-hydrogen) atoms. The van der Waals surface area contributed by atoms with E-state index in [0.29, 0.717) is 18.3 Å². The van der Waals surface area contributed by atoms with E-state index in [1.54, 1.807) is 6.08 Å². The third-order valence-corrected chi connectivity index (χ3v) is 1.16. The van der Waals surface area contributed by atoms with Gasteiger partial charge in [-0.15, -0.1) is 12.4 Å². The predicted octanol–water partition coefficient (Wildman–Crippen LogP) is 1.37. The lowest BCUT2D eigenvalue weighted by Crippen LogP contribution is -1.97. The second-order valence-electron chi connectivity index (χ2n) is 2.06. The van der Waals surface area contributed by atoms with Gasteiger partial charge >= 0.3 is 0 Å². The van der Waals surface area contributed by atoms with Gasteiger partial charge in [-0.3, -0.25) is 0 Å². The molecule has 1 aromatic heterocycles. The van der Waals surface area contributed by atoms with Gasteiger partial charge in [-0.1, -0.05) is 18.2 Å². The van der Waals surface area contributed by atoms with E-state index in [0.717, 1.165) is 6.42 Å². The van der Waals surface area contributed by atoms with Gasteiger partial charge in [0.1, 0.15) is 0 Å². The van der Waals surface area contributed by atoms with Gasteiger partial charge in [-0.25, -0.2) is 0 Å². The van der Waals surface area contributed by atoms with E-state index >= 15 is 0 Å². The third-order valence-electron chi connectivity index (χ3n) is 1.16. The first-order valence-electron chi connectivity index (χ1n) is 3.56. The van der Waals surface area contributed by atoms with Crippen LogP contribution in [-0.4, -0.2) is 10.1 Å². The van der Waals surface area contributed by atoms with Crippen molar-refractivity contribution in [2.75, 3.05) is 0 Å². The monoisotopic (exact) mass is 189 g/mol. The summed E-state index contributed by atoms with van der Waals surface area (Å²) in [4.78, 5) is 3.98. The van der Waals surface area contributed by atoms with Crippen LogP contribution in [0.4, 0.5) is 0 Å². The molecule has 1 heterocycles. The molecule has 0 atom stereocenters. The zero-order valence-corrected chi connectivity index (χ0v) is 7.67. The molecule has 0 aliphatic heterocycles. The second kappa shape index (κ2) is 5.74. The topological polar surface area (TPSA) is 64.9 Å². The van der Waals surface area contributed by atoms with Gasteiger partial charge in [0.2, 0.25) is 5.89 Å². The second-order valence-corrected chi connectivity index (χ2v) is 2.06. The molecule has 5 heteroatoms. The summed E-state index contributed by atoms with van der Waals surface area (Å²) in [6.45, 7) is 2.36. The molecular formula is C7H12ClN3O. The van der Waals surface area contributed by atoms with E-state index < -0.39 is 0 Å². The standard InChI is InChI=1S/C7H11N3O.ClH/c1-2-3-4-7-9-6(5-8)10-11-7;/h3-4H,2,5,8H2,1H3;1H/b4-3+;. The van der Waals surface area contributed by atoms with E-state index in [1.165, 1.54) is 0 Å². The molecule has 0 unspecified atom stereocenters. The van der Waals surface area contributed by atoms with Crippen molar-refractivity contribution in [3.05, 3.63) is 17.8 Å². The smallest absolute Gasteiger partial charge is 0.250 e. The highest BCUT2D eigenvalue weighted by atomic mass is 35.5. The fourth-order valence-corrected chi connectivity index (χ4v) is 0.637. The SMILES string of the molecule is CC/C=C/c1nc(CN)no1.Cl. The van der Waals surface area contributed by atoms with Gasteiger partial charge in [0, 0.05) is 0 Å². The zero-order valence-electron chi connectivity index (χ0n) is 6.86. The van der Waals surface area contributed by atoms with E-state index in [2.05, 4.69) is 10.1 Å². The molecule has 0 fully saturated rings. The molecule has 0 radical (unpaired) electrons. The summed E-state index contributed by atoms with van der Waals surface area (Å²) in [5, 5.41) is 3.63. The lowest BCUT2D eigenvalue weighted by atomic mass is 10.4. The van der Waals surface area contributed by atoms with E-state index in [4.69, 9.17) is 10.3 Å². The number of hydrogen-bond acceptors (Lipinski definition) is 4. The Morgan fingerprint density at radius 1 is 1.58 bits per heavy atom. The van der Waals surface area contributed by atoms with Crippen LogP contribution in [-0.2, 0) is 6.54 Å². The molecule has 0 spiro atoms. The van der Waals surface area contributed by atoms with Crippen molar-refractivity contribution in [1.29, 1.82) is 0 Å². The predicted molar refractivity (Wildman–Crippen MR) is 48.8 cm³/mol. The Labute approximate surface area is 77.2 Å². The summed E-state index contributed by atoms with van der Waals surface area (Å²) in [5.41, 5.74) is 5.28. The van der Waals surface area contributed by atoms with Crippen LogP contribution in [0.1, 0.15) is 25.1 Å². The minimum Gasteiger partial charge on any atom is -0.335 e. The first-order valence-corrected chi connectivity index (χ1v) is 3.56. The molecule has 68 valence electrons. The fraction of sp³-hybridized carbons (Fsp3) is 0.429. The lowest BCUT2D eigenvalue weighted by Gasteiger charge is -1.77. The molecule has 4 nitrogen and oxygen atoms in total. The number of nitrogens with zero attached hydrogens (tertiary/aromatic N) is 2. The van der Waals surface area contributed by atoms with Crippen LogP contribution >= 0.6 is 12.4 Å². The number of aromatic nitrogens is 2. The molecule has 0 saturated heterocycles. The average Bonchev–Trinajstić information content (AvgIpc) is 2.48. The van der Waals surface area contributed by atoms with Crippen LogP contribution in [0.3, 0.4) is 0 Å². The van der Waals surface area contributed by atoms with Gasteiger partial charge in [0.25, 0.3) is 0 Å². The lowest BCUT2D eigenvalue weighted by molar-refractivity contribution is 0.403. The Kier molecular flexibility index (Phi) is 5.32. The van der Waals surface area contributed by atoms with E-state index in [9.17, 15) is 0 Å². The Balaban J connectivity index is 0.00000121. The Bertz CT molecular complexity index is 247. The van der Waals surface area contributed by atoms with Gasteiger partial charge in [0.15, 0.2) is 5.82 Å². The van der Waals surface area contributed by atoms with Crippen molar-refractivity contribution in [2.24, 2.45) is 5.73 Å². The summed E-state index contributed by atoms with van der Waals surface area (Å²) in [6, 6.07) is 0. The quantitative estimate of drug-likeness (QED) is 0.780. The molecule has 0 bridgehead atoms. The highest BCUT2D eigenvalue weighted by molar-refractivity contribution is 5.85. The van der Waals surface area contributed by atoms with Crippen molar-refractivity contribution >= 4 is 18.5 Å². The first-order chi connectivity index (χ1) is 5.36. The number of nitrogens with two attached hydrogens (primary N) is 1. The van der Waals surface area contributed by atoms with Crippen LogP contribution < -0.4 is 5.73 Å². The largest absolute Gasteiger partial charge is 0.335 e. The fourth-order valence-electron chi connectivity index (χ4n) is 0.637. The van der Waals surface area contributed by atoms with E-state index in [-0.39, 0.29) is 12.4 Å². The molecule has 1 rings (SSSR count). The van der Waals surface area contributed by atoms with Gasteiger partial charge in [0.05, 0.1) is 6.54 Å². The van der Waals surface area contributed by atoms with Gasteiger partial charge < -0.3 is 10.3 Å². The average molecular weight is 190 g/mol. The summed E-state index contributed by atoms with van der Waals surface area (Å²) in [5.74, 6) is 1.06. The normalized spacial score (nSPS) is 10.2. The van der Waals surface area contributed by atoms with Crippen LogP contribution in [0, 0.1) is 0 Å². The zero-order chi connectivity index (χ0) is 8.10. The molecule has 2 N–H and O–H groups in total. The molecule has 0 amide bonds. The maximum Gasteiger partial charge on any atom is 0.250 e. The number of allylic oxidation sites excluding steroid dienone is 1. The molecule has 1 aromatic rings. The Hall–Kier alpha value is -0.870. The van der Waals surface area contributed by atoms with Gasteiger partial charge in [-0.2, -0.15) is 4.98 Å². The number of rotatable bonds is 3. The minimum absolute atomic E-state index is 0. The molecule has 0 aliphatic rings. The third kappa shape index (κ3) is 3.02. The van der Waals surface area contributed by atoms with Crippen molar-refractivity contribution in [3.63, 3.8) is 0 Å². The van der Waals surface area contributed by atoms with Crippen molar-refractivity contribution in [3.8, 4) is 0 Å². The Morgan fingerprint density at radius 2 is 2.33 bits per heavy atom. The summed E-state index contributed by atoms with van der Waals surface area (Å²) in [7, 11) is 0. The first kappa shape index (κ1) is 11.1. The maximum absolute atomic E-state index is 5.28. The summed E-state index contributed by atoms with van der Waals surface area (Å²) >= 11 is 0. The van der Waals surface area contributed by atoms with Crippen LogP contribution in [0.25, 0.3) is 6.08 Å². The summed E-state index contributed by atoms with van der Waals surface area (Å²) < 4.78 is 4.83. The molecule has 0 aliphatic carbocycles. The minimum atomic E-state index is 0. The maximum atomic E-state index is 5.28. The summed E-state index contributed by atoms with van der Waals surface area (Å²) in [6.07, 6.45) is 4.69. The van der Waals surface area contributed by atoms with Crippen LogP contribution in [0.2, 0.25) is 0 Å². The highest BCUT2D eigenvalue weighted by Gasteiger charge is 1.98.